The van der Waals surface area contributed by atoms with Gasteiger partial charge in [0.15, 0.2) is 5.43 Å². The van der Waals surface area contributed by atoms with Crippen LogP contribution in [0.15, 0.2) is 33.5 Å². The van der Waals surface area contributed by atoms with E-state index in [1.165, 1.54) is 19.2 Å². The molecule has 1 heterocycles. The maximum Gasteiger partial charge on any atom is 0.374 e. The molecule has 110 valence electrons. The number of hydrogen-bond donors (Lipinski definition) is 1. The van der Waals surface area contributed by atoms with E-state index < -0.39 is 5.97 Å². The fourth-order valence-electron chi connectivity index (χ4n) is 1.72. The van der Waals surface area contributed by atoms with Gasteiger partial charge in [-0.25, -0.2) is 4.79 Å². The number of anilines is 1. The molecule has 0 fully saturated rings. The van der Waals surface area contributed by atoms with E-state index in [-0.39, 0.29) is 34.0 Å². The lowest BCUT2D eigenvalue weighted by Crippen LogP contribution is -2.18. The molecule has 0 aliphatic rings. The molecule has 1 aromatic heterocycles. The third-order valence-electron chi connectivity index (χ3n) is 2.91. The maximum absolute atomic E-state index is 12.0. The normalized spacial score (nSPS) is 10.7. The molecule has 0 aliphatic carbocycles. The summed E-state index contributed by atoms with van der Waals surface area (Å²) < 4.78 is 9.83. The average Bonchev–Trinajstić information content (AvgIpc) is 2.46. The molecule has 0 bridgehead atoms. The summed E-state index contributed by atoms with van der Waals surface area (Å²) in [5.41, 5.74) is 0.377. The molecule has 0 unspecified atom stereocenters. The molecule has 1 amide bonds. The molecule has 1 N–H and O–H groups in total. The van der Waals surface area contributed by atoms with Gasteiger partial charge < -0.3 is 14.5 Å². The van der Waals surface area contributed by atoms with Crippen LogP contribution in [0.1, 0.15) is 24.4 Å². The van der Waals surface area contributed by atoms with Crippen LogP contribution in [0.5, 0.6) is 0 Å². The number of hydrogen-bond acceptors (Lipinski definition) is 5. The second-order valence-corrected chi connectivity index (χ2v) is 4.82. The third kappa shape index (κ3) is 3.10. The highest BCUT2D eigenvalue weighted by molar-refractivity contribution is 5.95. The van der Waals surface area contributed by atoms with Crippen molar-refractivity contribution in [3.63, 3.8) is 0 Å². The van der Waals surface area contributed by atoms with Crippen molar-refractivity contribution >= 4 is 28.5 Å². The Morgan fingerprint density at radius 2 is 1.95 bits per heavy atom. The molecule has 1 aromatic carbocycles. The van der Waals surface area contributed by atoms with E-state index in [1.807, 2.05) is 0 Å². The number of fused-ring (bicyclic) bond motifs is 1. The number of benzene rings is 1. The number of carbonyl (C=O) groups is 2. The van der Waals surface area contributed by atoms with Crippen molar-refractivity contribution in [3.8, 4) is 0 Å². The van der Waals surface area contributed by atoms with Crippen molar-refractivity contribution in [1.29, 1.82) is 0 Å². The molecule has 0 saturated heterocycles. The number of carbonyl (C=O) groups excluding carboxylic acids is 2. The lowest BCUT2D eigenvalue weighted by molar-refractivity contribution is -0.118. The fourth-order valence-corrected chi connectivity index (χ4v) is 1.72. The van der Waals surface area contributed by atoms with E-state index >= 15 is 0 Å². The molecule has 2 aromatic rings. The van der Waals surface area contributed by atoms with Gasteiger partial charge in [-0.1, -0.05) is 13.8 Å². The second kappa shape index (κ2) is 5.78. The monoisotopic (exact) mass is 289 g/mol. The van der Waals surface area contributed by atoms with Crippen molar-refractivity contribution in [3.05, 3.63) is 40.2 Å². The number of esters is 1. The van der Waals surface area contributed by atoms with Crippen LogP contribution >= 0.6 is 0 Å². The van der Waals surface area contributed by atoms with E-state index in [0.29, 0.717) is 5.69 Å². The van der Waals surface area contributed by atoms with Crippen molar-refractivity contribution in [2.45, 2.75) is 13.8 Å². The van der Waals surface area contributed by atoms with Gasteiger partial charge in [-0.15, -0.1) is 0 Å². The van der Waals surface area contributed by atoms with Gasteiger partial charge in [0.1, 0.15) is 5.58 Å². The highest BCUT2D eigenvalue weighted by Gasteiger charge is 2.13. The summed E-state index contributed by atoms with van der Waals surface area (Å²) in [6.07, 6.45) is 0. The zero-order chi connectivity index (χ0) is 15.6. The Morgan fingerprint density at radius 3 is 2.57 bits per heavy atom. The van der Waals surface area contributed by atoms with Crippen LogP contribution in [-0.4, -0.2) is 19.0 Å². The lowest BCUT2D eigenvalue weighted by Gasteiger charge is -2.08. The zero-order valence-corrected chi connectivity index (χ0v) is 11.9. The summed E-state index contributed by atoms with van der Waals surface area (Å²) >= 11 is 0. The summed E-state index contributed by atoms with van der Waals surface area (Å²) in [5.74, 6) is -1.19. The van der Waals surface area contributed by atoms with Crippen LogP contribution in [-0.2, 0) is 9.53 Å². The summed E-state index contributed by atoms with van der Waals surface area (Å²) in [6, 6.07) is 5.72. The highest BCUT2D eigenvalue weighted by atomic mass is 16.5. The zero-order valence-electron chi connectivity index (χ0n) is 11.9. The van der Waals surface area contributed by atoms with Crippen LogP contribution < -0.4 is 10.7 Å². The SMILES string of the molecule is COC(=O)c1cc(=O)c2cc(NC(=O)C(C)C)ccc2o1. The molecule has 6 heteroatoms. The van der Waals surface area contributed by atoms with E-state index in [4.69, 9.17) is 4.42 Å². The second-order valence-electron chi connectivity index (χ2n) is 4.82. The van der Waals surface area contributed by atoms with Gasteiger partial charge in [0.2, 0.25) is 11.7 Å². The van der Waals surface area contributed by atoms with E-state index in [2.05, 4.69) is 10.1 Å². The minimum Gasteiger partial charge on any atom is -0.463 e. The van der Waals surface area contributed by atoms with Crippen molar-refractivity contribution < 1.29 is 18.7 Å². The van der Waals surface area contributed by atoms with Crippen LogP contribution in [0.3, 0.4) is 0 Å². The first-order chi connectivity index (χ1) is 9.92. The van der Waals surface area contributed by atoms with E-state index in [0.717, 1.165) is 6.07 Å². The van der Waals surface area contributed by atoms with Crippen molar-refractivity contribution in [1.82, 2.24) is 0 Å². The quantitative estimate of drug-likeness (QED) is 0.875. The van der Waals surface area contributed by atoms with Crippen LogP contribution in [0.2, 0.25) is 0 Å². The Bertz CT molecular complexity index is 760. The molecule has 2 rings (SSSR count). The molecule has 21 heavy (non-hydrogen) atoms. The first-order valence-electron chi connectivity index (χ1n) is 6.39. The van der Waals surface area contributed by atoms with Gasteiger partial charge in [0.25, 0.3) is 0 Å². The predicted molar refractivity (Wildman–Crippen MR) is 77.3 cm³/mol. The largest absolute Gasteiger partial charge is 0.463 e. The van der Waals surface area contributed by atoms with Crippen LogP contribution in [0.25, 0.3) is 11.0 Å². The van der Waals surface area contributed by atoms with Gasteiger partial charge in [-0.2, -0.15) is 0 Å². The van der Waals surface area contributed by atoms with Gasteiger partial charge in [0, 0.05) is 17.7 Å². The summed E-state index contributed by atoms with van der Waals surface area (Å²) in [6.45, 7) is 3.54. The molecule has 0 aliphatic heterocycles. The van der Waals surface area contributed by atoms with Crippen molar-refractivity contribution in [2.24, 2.45) is 5.92 Å². The smallest absolute Gasteiger partial charge is 0.374 e. The van der Waals surface area contributed by atoms with Gasteiger partial charge in [-0.05, 0) is 18.2 Å². The molecule has 0 spiro atoms. The lowest BCUT2D eigenvalue weighted by atomic mass is 10.1. The number of rotatable bonds is 3. The number of amides is 1. The van der Waals surface area contributed by atoms with Gasteiger partial charge >= 0.3 is 5.97 Å². The highest BCUT2D eigenvalue weighted by Crippen LogP contribution is 2.18. The Morgan fingerprint density at radius 1 is 1.24 bits per heavy atom. The summed E-state index contributed by atoms with van der Waals surface area (Å²) in [5, 5.41) is 2.98. The Labute approximate surface area is 120 Å². The summed E-state index contributed by atoms with van der Waals surface area (Å²) in [7, 11) is 1.21. The summed E-state index contributed by atoms with van der Waals surface area (Å²) in [4.78, 5) is 35.0. The first-order valence-corrected chi connectivity index (χ1v) is 6.39. The third-order valence-corrected chi connectivity index (χ3v) is 2.91. The molecule has 0 atom stereocenters. The topological polar surface area (TPSA) is 85.6 Å². The molecular formula is C15H15NO5. The van der Waals surface area contributed by atoms with Crippen molar-refractivity contribution in [2.75, 3.05) is 12.4 Å². The average molecular weight is 289 g/mol. The number of nitrogens with one attached hydrogen (secondary N) is 1. The van der Waals surface area contributed by atoms with Gasteiger partial charge in [-0.3, -0.25) is 9.59 Å². The Kier molecular flexibility index (Phi) is 4.07. The molecular weight excluding hydrogens is 274 g/mol. The van der Waals surface area contributed by atoms with Gasteiger partial charge in [0.05, 0.1) is 12.5 Å². The van der Waals surface area contributed by atoms with E-state index in [9.17, 15) is 14.4 Å². The maximum atomic E-state index is 12.0. The van der Waals surface area contributed by atoms with Crippen LogP contribution in [0.4, 0.5) is 5.69 Å². The van der Waals surface area contributed by atoms with E-state index in [1.54, 1.807) is 19.9 Å². The minimum atomic E-state index is -0.716. The minimum absolute atomic E-state index is 0.148. The Balaban J connectivity index is 2.45. The number of ether oxygens (including phenoxy) is 1. The number of methoxy groups -OCH3 is 1. The molecule has 0 saturated carbocycles. The first kappa shape index (κ1) is 14.8. The standard InChI is InChI=1S/C15H15NO5/c1-8(2)14(18)16-9-4-5-12-10(6-9)11(17)7-13(21-12)15(19)20-3/h4-8H,1-3H3,(H,16,18). The predicted octanol–water partition coefficient (Wildman–Crippen LogP) is 2.17. The van der Waals surface area contributed by atoms with Crippen LogP contribution in [0, 0.1) is 5.92 Å². The Hall–Kier alpha value is -2.63. The fraction of sp³-hybridized carbons (Fsp3) is 0.267. The molecule has 0 radical (unpaired) electrons. The molecule has 6 nitrogen and oxygen atoms in total.